The second kappa shape index (κ2) is 6.54. The average molecular weight is 411 g/mol. The summed E-state index contributed by atoms with van der Waals surface area (Å²) < 4.78 is 1.46. The Morgan fingerprint density at radius 2 is 1.82 bits per heavy atom. The molecule has 6 heteroatoms. The van der Waals surface area contributed by atoms with Crippen molar-refractivity contribution in [2.24, 2.45) is 0 Å². The Labute approximate surface area is 151 Å². The standard InChI is InChI=1S/C16H9BrClNOS2/c17-13-4-2-1-3-10(13)9-14-15(20)19(16(21)22-14)12-7-5-11(18)6-8-12/h1-9H/b14-9+. The zero-order valence-corrected chi connectivity index (χ0v) is 15.1. The first-order chi connectivity index (χ1) is 10.6. The number of halogens is 2. The fourth-order valence-electron chi connectivity index (χ4n) is 2.01. The van der Waals surface area contributed by atoms with Crippen LogP contribution >= 0.6 is 51.5 Å². The fourth-order valence-corrected chi connectivity index (χ4v) is 3.83. The molecule has 1 fully saturated rings. The van der Waals surface area contributed by atoms with Crippen molar-refractivity contribution in [3.05, 3.63) is 68.5 Å². The molecule has 0 spiro atoms. The molecule has 0 aliphatic carbocycles. The third kappa shape index (κ3) is 3.13. The van der Waals surface area contributed by atoms with E-state index in [0.29, 0.717) is 14.2 Å². The molecule has 1 heterocycles. The van der Waals surface area contributed by atoms with E-state index >= 15 is 0 Å². The summed E-state index contributed by atoms with van der Waals surface area (Å²) in [5.74, 6) is -0.118. The fraction of sp³-hybridized carbons (Fsp3) is 0. The molecule has 0 unspecified atom stereocenters. The lowest BCUT2D eigenvalue weighted by Crippen LogP contribution is -2.27. The van der Waals surface area contributed by atoms with Gasteiger partial charge in [0.25, 0.3) is 5.91 Å². The van der Waals surface area contributed by atoms with Crippen LogP contribution in [-0.2, 0) is 4.79 Å². The second-order valence-electron chi connectivity index (χ2n) is 4.52. The van der Waals surface area contributed by atoms with Crippen LogP contribution in [-0.4, -0.2) is 10.2 Å². The van der Waals surface area contributed by atoms with Crippen molar-refractivity contribution < 1.29 is 4.79 Å². The summed E-state index contributed by atoms with van der Waals surface area (Å²) in [6, 6.07) is 14.8. The van der Waals surface area contributed by atoms with Gasteiger partial charge in [-0.3, -0.25) is 9.69 Å². The molecule has 0 saturated carbocycles. The Balaban J connectivity index is 1.95. The van der Waals surface area contributed by atoms with Gasteiger partial charge in [-0.2, -0.15) is 0 Å². The molecule has 22 heavy (non-hydrogen) atoms. The van der Waals surface area contributed by atoms with Crippen LogP contribution in [0.2, 0.25) is 5.02 Å². The number of carbonyl (C=O) groups excluding carboxylic acids is 1. The molecule has 110 valence electrons. The van der Waals surface area contributed by atoms with E-state index in [0.717, 1.165) is 15.7 Å². The Hall–Kier alpha value is -1.14. The number of carbonyl (C=O) groups is 1. The maximum Gasteiger partial charge on any atom is 0.270 e. The monoisotopic (exact) mass is 409 g/mol. The van der Waals surface area contributed by atoms with Crippen LogP contribution in [0.25, 0.3) is 6.08 Å². The summed E-state index contributed by atoms with van der Waals surface area (Å²) in [7, 11) is 0. The molecule has 3 rings (SSSR count). The van der Waals surface area contributed by atoms with Gasteiger partial charge in [-0.1, -0.05) is 69.7 Å². The van der Waals surface area contributed by atoms with Crippen LogP contribution in [0.3, 0.4) is 0 Å². The molecule has 0 N–H and O–H groups in total. The third-order valence-corrected chi connectivity index (χ3v) is 5.35. The summed E-state index contributed by atoms with van der Waals surface area (Å²) in [6.07, 6.45) is 1.85. The van der Waals surface area contributed by atoms with E-state index in [9.17, 15) is 4.79 Å². The van der Waals surface area contributed by atoms with E-state index in [-0.39, 0.29) is 5.91 Å². The minimum Gasteiger partial charge on any atom is -0.268 e. The van der Waals surface area contributed by atoms with Crippen molar-refractivity contribution in [2.75, 3.05) is 4.90 Å². The molecular formula is C16H9BrClNOS2. The van der Waals surface area contributed by atoms with Gasteiger partial charge in [0.05, 0.1) is 10.6 Å². The molecule has 1 saturated heterocycles. The van der Waals surface area contributed by atoms with Gasteiger partial charge in [-0.15, -0.1) is 0 Å². The van der Waals surface area contributed by atoms with Crippen LogP contribution in [0.4, 0.5) is 5.69 Å². The Morgan fingerprint density at radius 3 is 2.50 bits per heavy atom. The summed E-state index contributed by atoms with van der Waals surface area (Å²) in [5.41, 5.74) is 1.67. The largest absolute Gasteiger partial charge is 0.270 e. The molecule has 1 aliphatic heterocycles. The quantitative estimate of drug-likeness (QED) is 0.481. The molecule has 0 aromatic heterocycles. The Morgan fingerprint density at radius 1 is 1.14 bits per heavy atom. The zero-order chi connectivity index (χ0) is 15.7. The summed E-state index contributed by atoms with van der Waals surface area (Å²) >= 11 is 16.0. The van der Waals surface area contributed by atoms with Gasteiger partial charge >= 0.3 is 0 Å². The predicted molar refractivity (Wildman–Crippen MR) is 101 cm³/mol. The number of amides is 1. The average Bonchev–Trinajstić information content (AvgIpc) is 2.77. The lowest BCUT2D eigenvalue weighted by Gasteiger charge is -2.14. The first-order valence-corrected chi connectivity index (χ1v) is 8.74. The highest BCUT2D eigenvalue weighted by atomic mass is 79.9. The van der Waals surface area contributed by atoms with Crippen molar-refractivity contribution in [3.8, 4) is 0 Å². The summed E-state index contributed by atoms with van der Waals surface area (Å²) in [5, 5.41) is 0.623. The van der Waals surface area contributed by atoms with Gasteiger partial charge in [0, 0.05) is 9.50 Å². The van der Waals surface area contributed by atoms with E-state index in [2.05, 4.69) is 15.9 Å². The SMILES string of the molecule is O=C1/C(=C\c2ccccc2Br)SC(=S)N1c1ccc(Cl)cc1. The van der Waals surface area contributed by atoms with Gasteiger partial charge in [0.2, 0.25) is 0 Å². The maximum atomic E-state index is 12.6. The van der Waals surface area contributed by atoms with Gasteiger partial charge in [-0.25, -0.2) is 0 Å². The van der Waals surface area contributed by atoms with Crippen molar-refractivity contribution in [1.82, 2.24) is 0 Å². The van der Waals surface area contributed by atoms with E-state index in [1.54, 1.807) is 24.3 Å². The highest BCUT2D eigenvalue weighted by molar-refractivity contribution is 9.10. The smallest absolute Gasteiger partial charge is 0.268 e. The molecule has 1 amide bonds. The Bertz CT molecular complexity index is 789. The number of rotatable bonds is 2. The summed E-state index contributed by atoms with van der Waals surface area (Å²) in [4.78, 5) is 14.7. The lowest BCUT2D eigenvalue weighted by molar-refractivity contribution is -0.113. The minimum absolute atomic E-state index is 0.118. The van der Waals surface area contributed by atoms with Crippen LogP contribution in [0.15, 0.2) is 57.9 Å². The van der Waals surface area contributed by atoms with E-state index in [1.165, 1.54) is 16.7 Å². The number of benzene rings is 2. The third-order valence-electron chi connectivity index (χ3n) is 3.07. The Kier molecular flexibility index (Phi) is 4.68. The lowest BCUT2D eigenvalue weighted by atomic mass is 10.2. The number of thioether (sulfide) groups is 1. The van der Waals surface area contributed by atoms with Crippen molar-refractivity contribution >= 4 is 73.5 Å². The van der Waals surface area contributed by atoms with Gasteiger partial charge in [0.15, 0.2) is 4.32 Å². The summed E-state index contributed by atoms with van der Waals surface area (Å²) in [6.45, 7) is 0. The van der Waals surface area contributed by atoms with Gasteiger partial charge in [-0.05, 0) is 42.0 Å². The van der Waals surface area contributed by atoms with Crippen molar-refractivity contribution in [3.63, 3.8) is 0 Å². The van der Waals surface area contributed by atoms with Crippen LogP contribution in [0.5, 0.6) is 0 Å². The van der Waals surface area contributed by atoms with Gasteiger partial charge < -0.3 is 0 Å². The van der Waals surface area contributed by atoms with E-state index in [4.69, 9.17) is 23.8 Å². The molecule has 0 atom stereocenters. The maximum absolute atomic E-state index is 12.6. The van der Waals surface area contributed by atoms with Crippen LogP contribution in [0, 0.1) is 0 Å². The number of hydrogen-bond acceptors (Lipinski definition) is 3. The highest BCUT2D eigenvalue weighted by Crippen LogP contribution is 2.37. The molecule has 2 aromatic rings. The molecule has 0 radical (unpaired) electrons. The van der Waals surface area contributed by atoms with E-state index in [1.807, 2.05) is 30.3 Å². The predicted octanol–water partition coefficient (Wildman–Crippen LogP) is 5.51. The first-order valence-electron chi connectivity index (χ1n) is 6.34. The van der Waals surface area contributed by atoms with E-state index < -0.39 is 0 Å². The number of anilines is 1. The van der Waals surface area contributed by atoms with Gasteiger partial charge in [0.1, 0.15) is 0 Å². The normalized spacial score (nSPS) is 16.6. The second-order valence-corrected chi connectivity index (χ2v) is 7.48. The zero-order valence-electron chi connectivity index (χ0n) is 11.1. The highest BCUT2D eigenvalue weighted by Gasteiger charge is 2.33. The minimum atomic E-state index is -0.118. The molecular weight excluding hydrogens is 402 g/mol. The van der Waals surface area contributed by atoms with Crippen LogP contribution in [0.1, 0.15) is 5.56 Å². The first kappa shape index (κ1) is 15.7. The number of thiocarbonyl (C=S) groups is 1. The number of hydrogen-bond donors (Lipinski definition) is 0. The van der Waals surface area contributed by atoms with Crippen molar-refractivity contribution in [2.45, 2.75) is 0 Å². The molecule has 2 aromatic carbocycles. The number of nitrogens with zero attached hydrogens (tertiary/aromatic N) is 1. The van der Waals surface area contributed by atoms with Crippen molar-refractivity contribution in [1.29, 1.82) is 0 Å². The van der Waals surface area contributed by atoms with Crippen LogP contribution < -0.4 is 4.90 Å². The molecule has 1 aliphatic rings. The molecule has 2 nitrogen and oxygen atoms in total. The molecule has 0 bridgehead atoms. The topological polar surface area (TPSA) is 20.3 Å².